The fraction of sp³-hybridized carbons (Fsp3) is 0.524. The van der Waals surface area contributed by atoms with E-state index in [0.717, 1.165) is 0 Å². The van der Waals surface area contributed by atoms with Gasteiger partial charge in [0.05, 0.1) is 25.2 Å². The van der Waals surface area contributed by atoms with Crippen LogP contribution in [0.5, 0.6) is 11.5 Å². The molecule has 0 fully saturated rings. The Labute approximate surface area is 162 Å². The van der Waals surface area contributed by atoms with Crippen molar-refractivity contribution in [2.24, 2.45) is 5.92 Å². The quantitative estimate of drug-likeness (QED) is 0.335. The highest BCUT2D eigenvalue weighted by molar-refractivity contribution is 6.74. The number of rotatable bonds is 3. The molecule has 3 rings (SSSR count). The van der Waals surface area contributed by atoms with Crippen molar-refractivity contribution >= 4 is 14.3 Å². The van der Waals surface area contributed by atoms with Crippen LogP contribution in [-0.2, 0) is 14.6 Å². The van der Waals surface area contributed by atoms with E-state index >= 15 is 0 Å². The molecule has 0 spiro atoms. The molecule has 1 aromatic rings. The van der Waals surface area contributed by atoms with Crippen LogP contribution in [0.4, 0.5) is 0 Å². The number of carbonyl (C=O) groups excluding carboxylic acids is 1. The smallest absolute Gasteiger partial charge is 0.316 e. The van der Waals surface area contributed by atoms with Gasteiger partial charge in [0.15, 0.2) is 8.32 Å². The Bertz CT molecular complexity index is 834. The van der Waals surface area contributed by atoms with Crippen molar-refractivity contribution in [1.29, 1.82) is 5.26 Å². The molecule has 5 nitrogen and oxygen atoms in total. The summed E-state index contributed by atoms with van der Waals surface area (Å²) >= 11 is 0. The summed E-state index contributed by atoms with van der Waals surface area (Å²) in [7, 11) is -0.615. The van der Waals surface area contributed by atoms with Crippen LogP contribution in [-0.4, -0.2) is 27.5 Å². The number of hydrogen-bond donors (Lipinski definition) is 0. The zero-order valence-corrected chi connectivity index (χ0v) is 17.8. The number of benzene rings is 1. The first kappa shape index (κ1) is 19.7. The molecule has 0 radical (unpaired) electrons. The second-order valence-corrected chi connectivity index (χ2v) is 13.5. The monoisotopic (exact) mass is 385 g/mol. The average molecular weight is 386 g/mol. The van der Waals surface area contributed by atoms with E-state index in [0.29, 0.717) is 23.5 Å². The number of nitrogens with zero attached hydrogens (tertiary/aromatic N) is 1. The Morgan fingerprint density at radius 1 is 1.33 bits per heavy atom. The predicted molar refractivity (Wildman–Crippen MR) is 105 cm³/mol. The zero-order chi connectivity index (χ0) is 20.0. The maximum atomic E-state index is 12.8. The van der Waals surface area contributed by atoms with Crippen molar-refractivity contribution in [2.45, 2.75) is 56.8 Å². The Hall–Kier alpha value is -2.10. The number of fused-ring (bicyclic) bond motifs is 3. The predicted octanol–water partition coefficient (Wildman–Crippen LogP) is 4.34. The summed E-state index contributed by atoms with van der Waals surface area (Å²) in [6.07, 6.45) is 3.86. The van der Waals surface area contributed by atoms with E-state index in [-0.39, 0.29) is 11.0 Å². The summed E-state index contributed by atoms with van der Waals surface area (Å²) in [5.74, 6) is 0.00577. The lowest BCUT2D eigenvalue weighted by molar-refractivity contribution is -0.144. The molecule has 0 unspecified atom stereocenters. The molecule has 2 aliphatic rings. The summed E-state index contributed by atoms with van der Waals surface area (Å²) in [5, 5.41) is 10.3. The third-order valence-corrected chi connectivity index (χ3v) is 10.7. The lowest BCUT2D eigenvalue weighted by Crippen LogP contribution is -2.57. The summed E-state index contributed by atoms with van der Waals surface area (Å²) in [4.78, 5) is 12.8. The van der Waals surface area contributed by atoms with E-state index in [1.165, 1.54) is 0 Å². The molecule has 0 amide bonds. The lowest BCUT2D eigenvalue weighted by atomic mass is 9.62. The summed E-state index contributed by atoms with van der Waals surface area (Å²) in [5.41, 5.74) is -0.398. The molecule has 1 heterocycles. The number of ether oxygens (including phenoxy) is 2. The van der Waals surface area contributed by atoms with E-state index in [9.17, 15) is 10.1 Å². The number of allylic oxidation sites excluding steroid dienone is 1. The first-order valence-corrected chi connectivity index (χ1v) is 12.1. The Kier molecular flexibility index (Phi) is 4.73. The van der Waals surface area contributed by atoms with Crippen LogP contribution >= 0.6 is 0 Å². The molecule has 27 heavy (non-hydrogen) atoms. The molecule has 6 heteroatoms. The van der Waals surface area contributed by atoms with Gasteiger partial charge in [-0.05, 0) is 36.7 Å². The molecule has 1 aliphatic heterocycles. The molecule has 1 aromatic carbocycles. The largest absolute Gasteiger partial charge is 0.497 e. The van der Waals surface area contributed by atoms with Crippen LogP contribution in [0.1, 0.15) is 32.8 Å². The molecular weight excluding hydrogens is 358 g/mol. The normalized spacial score (nSPS) is 27.2. The standard InChI is InChI=1S/C21H27NO4Si/c1-20(2,3)27(5,6)26-18-9-7-8-16-19(23)25-17-12-14(24-4)10-11-15(17)21(16,18)13-22/h7,9-12,16,18H,8H2,1-6H3/t16-,18-,21+/m1/s1. The lowest BCUT2D eigenvalue weighted by Gasteiger charge is -2.48. The van der Waals surface area contributed by atoms with Crippen molar-refractivity contribution in [3.05, 3.63) is 35.9 Å². The number of hydrogen-bond acceptors (Lipinski definition) is 5. The van der Waals surface area contributed by atoms with E-state index in [2.05, 4.69) is 39.9 Å². The van der Waals surface area contributed by atoms with Crippen LogP contribution in [0.15, 0.2) is 30.4 Å². The van der Waals surface area contributed by atoms with Crippen LogP contribution in [0, 0.1) is 17.2 Å². The number of carbonyl (C=O) groups is 1. The number of methoxy groups -OCH3 is 1. The maximum absolute atomic E-state index is 12.8. The van der Waals surface area contributed by atoms with Crippen molar-refractivity contribution in [2.75, 3.05) is 7.11 Å². The molecular formula is C21H27NO4Si. The van der Waals surface area contributed by atoms with Gasteiger partial charge in [-0.15, -0.1) is 0 Å². The summed E-state index contributed by atoms with van der Waals surface area (Å²) in [6.45, 7) is 10.8. The molecule has 0 saturated heterocycles. The second-order valence-electron chi connectivity index (χ2n) is 8.78. The Morgan fingerprint density at radius 2 is 2.04 bits per heavy atom. The van der Waals surface area contributed by atoms with Gasteiger partial charge in [0.1, 0.15) is 16.9 Å². The summed E-state index contributed by atoms with van der Waals surface area (Å²) in [6, 6.07) is 7.78. The van der Waals surface area contributed by atoms with E-state index in [4.69, 9.17) is 13.9 Å². The minimum absolute atomic E-state index is 0.0116. The maximum Gasteiger partial charge on any atom is 0.316 e. The Balaban J connectivity index is 2.16. The highest BCUT2D eigenvalue weighted by atomic mass is 28.4. The van der Waals surface area contributed by atoms with Crippen LogP contribution in [0.2, 0.25) is 18.1 Å². The third-order valence-electron chi connectivity index (χ3n) is 6.22. The Morgan fingerprint density at radius 3 is 2.63 bits per heavy atom. The molecule has 0 bridgehead atoms. The minimum atomic E-state index is -2.17. The van der Waals surface area contributed by atoms with Gasteiger partial charge < -0.3 is 13.9 Å². The number of esters is 1. The van der Waals surface area contributed by atoms with Crippen LogP contribution in [0.25, 0.3) is 0 Å². The first-order valence-electron chi connectivity index (χ1n) is 9.23. The molecule has 3 atom stereocenters. The fourth-order valence-corrected chi connectivity index (χ4v) is 4.81. The summed E-state index contributed by atoms with van der Waals surface area (Å²) < 4.78 is 17.5. The van der Waals surface area contributed by atoms with E-state index in [1.807, 2.05) is 18.2 Å². The molecule has 0 N–H and O–H groups in total. The molecule has 0 aromatic heterocycles. The average Bonchev–Trinajstić information content (AvgIpc) is 2.60. The van der Waals surface area contributed by atoms with Gasteiger partial charge in [-0.3, -0.25) is 4.79 Å². The fourth-order valence-electron chi connectivity index (χ4n) is 3.56. The van der Waals surface area contributed by atoms with Gasteiger partial charge in [0.2, 0.25) is 0 Å². The van der Waals surface area contributed by atoms with Crippen molar-refractivity contribution in [3.8, 4) is 17.6 Å². The van der Waals surface area contributed by atoms with Gasteiger partial charge in [-0.1, -0.05) is 32.9 Å². The van der Waals surface area contributed by atoms with Gasteiger partial charge in [-0.25, -0.2) is 0 Å². The second kappa shape index (κ2) is 6.50. The topological polar surface area (TPSA) is 68.6 Å². The van der Waals surface area contributed by atoms with E-state index in [1.54, 1.807) is 19.2 Å². The third kappa shape index (κ3) is 2.99. The van der Waals surface area contributed by atoms with Crippen molar-refractivity contribution in [3.63, 3.8) is 0 Å². The van der Waals surface area contributed by atoms with Crippen molar-refractivity contribution < 1.29 is 18.7 Å². The van der Waals surface area contributed by atoms with Gasteiger partial charge >= 0.3 is 5.97 Å². The van der Waals surface area contributed by atoms with Gasteiger partial charge in [0.25, 0.3) is 0 Å². The zero-order valence-electron chi connectivity index (χ0n) is 16.8. The first-order chi connectivity index (χ1) is 12.6. The SMILES string of the molecule is COc1ccc2c(c1)OC(=O)[C@H]1CC=C[C@@H](O[Si](C)(C)C(C)(C)C)[C@@]21C#N. The van der Waals surface area contributed by atoms with E-state index < -0.39 is 25.8 Å². The molecule has 1 aliphatic carbocycles. The van der Waals surface area contributed by atoms with Crippen molar-refractivity contribution in [1.82, 2.24) is 0 Å². The highest BCUT2D eigenvalue weighted by Gasteiger charge is 2.58. The van der Waals surface area contributed by atoms with Crippen LogP contribution in [0.3, 0.4) is 0 Å². The number of nitriles is 1. The molecule has 144 valence electrons. The highest BCUT2D eigenvalue weighted by Crippen LogP contribution is 2.52. The minimum Gasteiger partial charge on any atom is -0.497 e. The van der Waals surface area contributed by atoms with Gasteiger partial charge in [0, 0.05) is 11.6 Å². The van der Waals surface area contributed by atoms with Crippen LogP contribution < -0.4 is 9.47 Å². The van der Waals surface area contributed by atoms with Gasteiger partial charge in [-0.2, -0.15) is 5.26 Å². The molecule has 0 saturated carbocycles.